The van der Waals surface area contributed by atoms with Gasteiger partial charge in [-0.3, -0.25) is 10.0 Å². The predicted octanol–water partition coefficient (Wildman–Crippen LogP) is 0.606. The standard InChI is InChI=1S/C7H6NO2/c9-7(8-10)6-4-2-1-3-5-6/h2-5,10H,(H,8,9). The van der Waals surface area contributed by atoms with E-state index in [2.05, 4.69) is 6.07 Å². The number of nitrogens with one attached hydrogen (secondary N) is 1. The fourth-order valence-corrected chi connectivity index (χ4v) is 0.603. The lowest BCUT2D eigenvalue weighted by Crippen LogP contribution is -2.18. The minimum Gasteiger partial charge on any atom is -0.288 e. The minimum absolute atomic E-state index is 0.418. The first kappa shape index (κ1) is 6.77. The largest absolute Gasteiger partial charge is 0.288 e. The summed E-state index contributed by atoms with van der Waals surface area (Å²) in [4.78, 5) is 10.6. The lowest BCUT2D eigenvalue weighted by atomic mass is 10.2. The molecular formula is C7H6NO2. The summed E-state index contributed by atoms with van der Waals surface area (Å²) in [6, 6.07) is 9.08. The van der Waals surface area contributed by atoms with Gasteiger partial charge in [0, 0.05) is 5.56 Å². The first-order valence-electron chi connectivity index (χ1n) is 2.75. The van der Waals surface area contributed by atoms with E-state index in [1.54, 1.807) is 24.3 Å². The Labute approximate surface area is 58.3 Å². The van der Waals surface area contributed by atoms with Crippen molar-refractivity contribution in [2.24, 2.45) is 0 Å². The van der Waals surface area contributed by atoms with Crippen LogP contribution < -0.4 is 5.48 Å². The predicted molar refractivity (Wildman–Crippen MR) is 34.5 cm³/mol. The molecule has 0 aliphatic heterocycles. The van der Waals surface area contributed by atoms with Crippen LogP contribution >= 0.6 is 0 Å². The Bertz CT molecular complexity index is 220. The number of carbonyl (C=O) groups excluding carboxylic acids is 1. The van der Waals surface area contributed by atoms with E-state index in [9.17, 15) is 4.79 Å². The van der Waals surface area contributed by atoms with Crippen LogP contribution in [0.1, 0.15) is 10.4 Å². The van der Waals surface area contributed by atoms with Crippen molar-refractivity contribution in [3.63, 3.8) is 0 Å². The summed E-state index contributed by atoms with van der Waals surface area (Å²) < 4.78 is 0. The minimum atomic E-state index is -0.506. The number of hydroxylamine groups is 1. The summed E-state index contributed by atoms with van der Waals surface area (Å²) in [5.74, 6) is -0.506. The second kappa shape index (κ2) is 2.98. The summed E-state index contributed by atoms with van der Waals surface area (Å²) >= 11 is 0. The number of rotatable bonds is 1. The highest BCUT2D eigenvalue weighted by atomic mass is 16.5. The van der Waals surface area contributed by atoms with Gasteiger partial charge in [-0.05, 0) is 18.2 Å². The zero-order valence-electron chi connectivity index (χ0n) is 5.16. The van der Waals surface area contributed by atoms with Crippen molar-refractivity contribution in [2.75, 3.05) is 0 Å². The second-order valence-electron chi connectivity index (χ2n) is 1.73. The maximum atomic E-state index is 10.6. The Hall–Kier alpha value is -1.35. The molecule has 0 spiro atoms. The number of carbonyl (C=O) groups is 1. The van der Waals surface area contributed by atoms with Crippen molar-refractivity contribution in [3.05, 3.63) is 35.9 Å². The van der Waals surface area contributed by atoms with Crippen LogP contribution in [0, 0.1) is 6.07 Å². The van der Waals surface area contributed by atoms with Gasteiger partial charge >= 0.3 is 0 Å². The molecule has 1 aromatic carbocycles. The summed E-state index contributed by atoms with van der Waals surface area (Å²) in [5.41, 5.74) is 1.95. The van der Waals surface area contributed by atoms with E-state index in [0.29, 0.717) is 5.56 Å². The Morgan fingerprint density at radius 1 is 1.50 bits per heavy atom. The normalized spacial score (nSPS) is 8.90. The molecule has 0 atom stereocenters. The van der Waals surface area contributed by atoms with Crippen molar-refractivity contribution < 1.29 is 10.0 Å². The molecule has 0 aliphatic rings. The van der Waals surface area contributed by atoms with Gasteiger partial charge in [0.25, 0.3) is 5.91 Å². The molecule has 0 heterocycles. The highest BCUT2D eigenvalue weighted by Crippen LogP contribution is 1.95. The molecule has 0 fully saturated rings. The highest BCUT2D eigenvalue weighted by molar-refractivity contribution is 5.93. The molecule has 0 saturated carbocycles. The summed E-state index contributed by atoms with van der Waals surface area (Å²) in [7, 11) is 0. The lowest BCUT2D eigenvalue weighted by molar-refractivity contribution is 0.0706. The van der Waals surface area contributed by atoms with Gasteiger partial charge in [0.1, 0.15) is 0 Å². The smallest absolute Gasteiger partial charge is 0.274 e. The Kier molecular flexibility index (Phi) is 2.02. The van der Waals surface area contributed by atoms with Gasteiger partial charge in [0.05, 0.1) is 0 Å². The maximum absolute atomic E-state index is 10.6. The molecule has 51 valence electrons. The third-order valence-corrected chi connectivity index (χ3v) is 1.08. The van der Waals surface area contributed by atoms with E-state index in [-0.39, 0.29) is 0 Å². The highest BCUT2D eigenvalue weighted by Gasteiger charge is 1.99. The summed E-state index contributed by atoms with van der Waals surface area (Å²) in [6.45, 7) is 0. The van der Waals surface area contributed by atoms with Crippen molar-refractivity contribution in [1.82, 2.24) is 5.48 Å². The summed E-state index contributed by atoms with van der Waals surface area (Å²) in [6.07, 6.45) is 0. The molecular weight excluding hydrogens is 130 g/mol. The maximum Gasteiger partial charge on any atom is 0.274 e. The van der Waals surface area contributed by atoms with Crippen LogP contribution in [0.3, 0.4) is 0 Å². The zero-order chi connectivity index (χ0) is 7.40. The van der Waals surface area contributed by atoms with Gasteiger partial charge < -0.3 is 0 Å². The quantitative estimate of drug-likeness (QED) is 0.439. The molecule has 10 heavy (non-hydrogen) atoms. The number of amides is 1. The molecule has 2 N–H and O–H groups in total. The first-order chi connectivity index (χ1) is 4.84. The van der Waals surface area contributed by atoms with Crippen molar-refractivity contribution in [3.8, 4) is 0 Å². The van der Waals surface area contributed by atoms with Crippen LogP contribution in [0.4, 0.5) is 0 Å². The third-order valence-electron chi connectivity index (χ3n) is 1.08. The molecule has 0 aliphatic carbocycles. The SMILES string of the molecule is O=C(NO)c1cc[c]cc1. The van der Waals surface area contributed by atoms with E-state index in [4.69, 9.17) is 5.21 Å². The molecule has 3 heteroatoms. The van der Waals surface area contributed by atoms with E-state index in [1.165, 1.54) is 5.48 Å². The molecule has 3 nitrogen and oxygen atoms in total. The monoisotopic (exact) mass is 136 g/mol. The Morgan fingerprint density at radius 3 is 2.60 bits per heavy atom. The van der Waals surface area contributed by atoms with E-state index >= 15 is 0 Å². The molecule has 1 radical (unpaired) electrons. The van der Waals surface area contributed by atoms with Gasteiger partial charge in [-0.25, -0.2) is 5.48 Å². The number of hydrogen-bond acceptors (Lipinski definition) is 2. The molecule has 0 aromatic heterocycles. The van der Waals surface area contributed by atoms with Gasteiger partial charge in [-0.1, -0.05) is 12.1 Å². The van der Waals surface area contributed by atoms with Crippen LogP contribution in [0.25, 0.3) is 0 Å². The summed E-state index contributed by atoms with van der Waals surface area (Å²) in [5, 5.41) is 8.18. The number of hydrogen-bond donors (Lipinski definition) is 2. The van der Waals surface area contributed by atoms with Crippen LogP contribution in [-0.4, -0.2) is 11.1 Å². The average Bonchev–Trinajstić information content (AvgIpc) is 2.05. The molecule has 1 rings (SSSR count). The molecule has 0 bridgehead atoms. The van der Waals surface area contributed by atoms with Gasteiger partial charge in [-0.2, -0.15) is 0 Å². The van der Waals surface area contributed by atoms with E-state index in [1.807, 2.05) is 0 Å². The topological polar surface area (TPSA) is 49.3 Å². The molecule has 1 aromatic rings. The lowest BCUT2D eigenvalue weighted by Gasteiger charge is -1.94. The number of benzene rings is 1. The fraction of sp³-hybridized carbons (Fsp3) is 0. The Morgan fingerprint density at radius 2 is 2.10 bits per heavy atom. The van der Waals surface area contributed by atoms with Crippen molar-refractivity contribution in [1.29, 1.82) is 0 Å². The third kappa shape index (κ3) is 1.33. The van der Waals surface area contributed by atoms with Crippen molar-refractivity contribution >= 4 is 5.91 Å². The van der Waals surface area contributed by atoms with Crippen molar-refractivity contribution in [2.45, 2.75) is 0 Å². The van der Waals surface area contributed by atoms with Gasteiger partial charge in [-0.15, -0.1) is 0 Å². The van der Waals surface area contributed by atoms with E-state index < -0.39 is 5.91 Å². The van der Waals surface area contributed by atoms with Crippen LogP contribution in [0.2, 0.25) is 0 Å². The van der Waals surface area contributed by atoms with Crippen LogP contribution in [-0.2, 0) is 0 Å². The molecule has 1 amide bonds. The fourth-order valence-electron chi connectivity index (χ4n) is 0.603. The Balaban J connectivity index is 2.85. The molecule has 0 unspecified atom stereocenters. The van der Waals surface area contributed by atoms with Gasteiger partial charge in [0.2, 0.25) is 0 Å². The average molecular weight is 136 g/mol. The second-order valence-corrected chi connectivity index (χ2v) is 1.73. The van der Waals surface area contributed by atoms with E-state index in [0.717, 1.165) is 0 Å². The van der Waals surface area contributed by atoms with Gasteiger partial charge in [0.15, 0.2) is 0 Å². The van der Waals surface area contributed by atoms with Crippen LogP contribution in [0.5, 0.6) is 0 Å². The molecule has 0 saturated heterocycles. The van der Waals surface area contributed by atoms with Crippen LogP contribution in [0.15, 0.2) is 24.3 Å². The first-order valence-corrected chi connectivity index (χ1v) is 2.75. The zero-order valence-corrected chi connectivity index (χ0v) is 5.16.